The second kappa shape index (κ2) is 5.09. The topological polar surface area (TPSA) is 71.3 Å². The number of aromatic nitrogens is 1. The van der Waals surface area contributed by atoms with E-state index in [0.29, 0.717) is 6.26 Å². The SMILES string of the molecule is CS(=O)(=O)O.c1ccc2c(c1)cc1n2CCNC1. The van der Waals surface area contributed by atoms with Gasteiger partial charge < -0.3 is 9.88 Å². The molecular weight excluding hydrogens is 252 g/mol. The lowest BCUT2D eigenvalue weighted by molar-refractivity contribution is 0.490. The zero-order valence-electron chi connectivity index (χ0n) is 10.1. The van der Waals surface area contributed by atoms with Crippen LogP contribution in [-0.4, -0.2) is 30.3 Å². The van der Waals surface area contributed by atoms with Crippen LogP contribution < -0.4 is 5.32 Å². The Balaban J connectivity index is 0.000000209. The third kappa shape index (κ3) is 3.32. The molecule has 2 heterocycles. The van der Waals surface area contributed by atoms with Crippen molar-refractivity contribution >= 4 is 21.0 Å². The highest BCUT2D eigenvalue weighted by atomic mass is 32.2. The quantitative estimate of drug-likeness (QED) is 0.705. The fraction of sp³-hybridized carbons (Fsp3) is 0.333. The molecule has 0 aliphatic carbocycles. The van der Waals surface area contributed by atoms with Gasteiger partial charge in [0.05, 0.1) is 6.26 Å². The molecule has 0 fully saturated rings. The lowest BCUT2D eigenvalue weighted by atomic mass is 10.2. The number of hydrogen-bond acceptors (Lipinski definition) is 3. The molecule has 0 spiro atoms. The summed E-state index contributed by atoms with van der Waals surface area (Å²) >= 11 is 0. The van der Waals surface area contributed by atoms with Crippen LogP contribution in [0, 0.1) is 0 Å². The summed E-state index contributed by atoms with van der Waals surface area (Å²) in [5.74, 6) is 0. The first kappa shape index (κ1) is 13.1. The second-order valence-electron chi connectivity index (χ2n) is 4.26. The Labute approximate surface area is 106 Å². The van der Waals surface area contributed by atoms with Gasteiger partial charge in [-0.15, -0.1) is 0 Å². The predicted octanol–water partition coefficient (Wildman–Crippen LogP) is 1.25. The number of benzene rings is 1. The number of nitrogens with one attached hydrogen (secondary N) is 1. The van der Waals surface area contributed by atoms with Crippen molar-refractivity contribution in [1.82, 2.24) is 9.88 Å². The summed E-state index contributed by atoms with van der Waals surface area (Å²) in [5.41, 5.74) is 2.78. The molecular formula is C12H16N2O3S. The molecule has 6 heteroatoms. The largest absolute Gasteiger partial charge is 0.342 e. The molecule has 0 saturated heterocycles. The van der Waals surface area contributed by atoms with E-state index >= 15 is 0 Å². The van der Waals surface area contributed by atoms with Gasteiger partial charge in [-0.05, 0) is 17.5 Å². The van der Waals surface area contributed by atoms with Crippen LogP contribution in [-0.2, 0) is 23.2 Å². The maximum atomic E-state index is 9.19. The van der Waals surface area contributed by atoms with Gasteiger partial charge in [0.15, 0.2) is 0 Å². The van der Waals surface area contributed by atoms with Gasteiger partial charge in [-0.1, -0.05) is 18.2 Å². The van der Waals surface area contributed by atoms with Gasteiger partial charge in [0.2, 0.25) is 0 Å². The zero-order chi connectivity index (χ0) is 13.2. The van der Waals surface area contributed by atoms with Crippen molar-refractivity contribution in [2.45, 2.75) is 13.1 Å². The first-order chi connectivity index (χ1) is 8.45. The van der Waals surface area contributed by atoms with Crippen LogP contribution in [0.4, 0.5) is 0 Å². The van der Waals surface area contributed by atoms with Crippen molar-refractivity contribution in [3.63, 3.8) is 0 Å². The molecule has 0 amide bonds. The molecule has 0 bridgehead atoms. The standard InChI is InChI=1S/C11H12N2.CH4O3S/c1-2-4-11-9(3-1)7-10-8-12-5-6-13(10)11;1-5(2,3)4/h1-4,7,12H,5-6,8H2;1H3,(H,2,3,4). The molecule has 2 aromatic rings. The Kier molecular flexibility index (Phi) is 3.70. The van der Waals surface area contributed by atoms with E-state index in [9.17, 15) is 8.42 Å². The fourth-order valence-corrected chi connectivity index (χ4v) is 2.09. The van der Waals surface area contributed by atoms with Crippen LogP contribution in [0.15, 0.2) is 30.3 Å². The molecule has 18 heavy (non-hydrogen) atoms. The van der Waals surface area contributed by atoms with Gasteiger partial charge in [0, 0.05) is 30.8 Å². The van der Waals surface area contributed by atoms with Gasteiger partial charge >= 0.3 is 0 Å². The number of rotatable bonds is 0. The molecule has 3 rings (SSSR count). The monoisotopic (exact) mass is 268 g/mol. The van der Waals surface area contributed by atoms with E-state index in [2.05, 4.69) is 40.2 Å². The maximum absolute atomic E-state index is 9.19. The van der Waals surface area contributed by atoms with Gasteiger partial charge in [-0.25, -0.2) is 0 Å². The smallest absolute Gasteiger partial charge is 0.261 e. The van der Waals surface area contributed by atoms with Crippen molar-refractivity contribution in [1.29, 1.82) is 0 Å². The van der Waals surface area contributed by atoms with E-state index in [4.69, 9.17) is 4.55 Å². The van der Waals surface area contributed by atoms with E-state index in [1.54, 1.807) is 0 Å². The Morgan fingerprint density at radius 3 is 2.72 bits per heavy atom. The summed E-state index contributed by atoms with van der Waals surface area (Å²) in [6, 6.07) is 10.9. The summed E-state index contributed by atoms with van der Waals surface area (Å²) in [6.45, 7) is 3.20. The summed E-state index contributed by atoms with van der Waals surface area (Å²) < 4.78 is 28.3. The molecule has 98 valence electrons. The average Bonchev–Trinajstić information content (AvgIpc) is 2.65. The van der Waals surface area contributed by atoms with Gasteiger partial charge in [-0.2, -0.15) is 8.42 Å². The highest BCUT2D eigenvalue weighted by Gasteiger charge is 2.10. The van der Waals surface area contributed by atoms with Crippen molar-refractivity contribution < 1.29 is 13.0 Å². The predicted molar refractivity (Wildman–Crippen MR) is 71.1 cm³/mol. The zero-order valence-corrected chi connectivity index (χ0v) is 10.9. The molecule has 1 aliphatic rings. The highest BCUT2D eigenvalue weighted by Crippen LogP contribution is 2.20. The van der Waals surface area contributed by atoms with E-state index in [-0.39, 0.29) is 0 Å². The van der Waals surface area contributed by atoms with Crippen molar-refractivity contribution in [3.05, 3.63) is 36.0 Å². The summed E-state index contributed by atoms with van der Waals surface area (Å²) in [7, 11) is -3.67. The third-order valence-electron chi connectivity index (χ3n) is 2.71. The lowest BCUT2D eigenvalue weighted by Crippen LogP contribution is -2.27. The fourth-order valence-electron chi connectivity index (χ4n) is 2.09. The summed E-state index contributed by atoms with van der Waals surface area (Å²) in [5, 5.41) is 4.74. The molecule has 0 radical (unpaired) electrons. The molecule has 0 unspecified atom stereocenters. The Bertz CT molecular complexity index is 638. The first-order valence-electron chi connectivity index (χ1n) is 5.65. The Morgan fingerprint density at radius 1 is 1.33 bits per heavy atom. The van der Waals surface area contributed by atoms with Crippen LogP contribution in [0.5, 0.6) is 0 Å². The minimum absolute atomic E-state index is 0.715. The molecule has 1 aromatic heterocycles. The van der Waals surface area contributed by atoms with Crippen LogP contribution in [0.25, 0.3) is 10.9 Å². The highest BCUT2D eigenvalue weighted by molar-refractivity contribution is 7.85. The number of para-hydroxylation sites is 1. The van der Waals surface area contributed by atoms with Crippen molar-refractivity contribution in [2.75, 3.05) is 12.8 Å². The number of nitrogens with zero attached hydrogens (tertiary/aromatic N) is 1. The van der Waals surface area contributed by atoms with Gasteiger partial charge in [0.1, 0.15) is 0 Å². The number of hydrogen-bond donors (Lipinski definition) is 2. The molecule has 5 nitrogen and oxygen atoms in total. The minimum atomic E-state index is -3.67. The minimum Gasteiger partial charge on any atom is -0.342 e. The van der Waals surface area contributed by atoms with Crippen LogP contribution in [0.3, 0.4) is 0 Å². The van der Waals surface area contributed by atoms with E-state index in [0.717, 1.165) is 19.6 Å². The maximum Gasteiger partial charge on any atom is 0.261 e. The summed E-state index contributed by atoms with van der Waals surface area (Å²) in [4.78, 5) is 0. The molecule has 1 aliphatic heterocycles. The van der Waals surface area contributed by atoms with Crippen molar-refractivity contribution in [3.8, 4) is 0 Å². The van der Waals surface area contributed by atoms with Crippen LogP contribution >= 0.6 is 0 Å². The Morgan fingerprint density at radius 2 is 2.00 bits per heavy atom. The van der Waals surface area contributed by atoms with E-state index < -0.39 is 10.1 Å². The Hall–Kier alpha value is -1.37. The normalized spacial score (nSPS) is 14.8. The van der Waals surface area contributed by atoms with E-state index in [1.807, 2.05) is 0 Å². The molecule has 0 saturated carbocycles. The molecule has 1 aromatic carbocycles. The third-order valence-corrected chi connectivity index (χ3v) is 2.71. The lowest BCUT2D eigenvalue weighted by Gasteiger charge is -2.16. The average molecular weight is 268 g/mol. The van der Waals surface area contributed by atoms with Gasteiger partial charge in [0.25, 0.3) is 10.1 Å². The summed E-state index contributed by atoms with van der Waals surface area (Å²) in [6.07, 6.45) is 0.715. The second-order valence-corrected chi connectivity index (χ2v) is 5.72. The van der Waals surface area contributed by atoms with Crippen molar-refractivity contribution in [2.24, 2.45) is 0 Å². The van der Waals surface area contributed by atoms with Gasteiger partial charge in [-0.3, -0.25) is 4.55 Å². The molecule has 2 N–H and O–H groups in total. The first-order valence-corrected chi connectivity index (χ1v) is 7.50. The van der Waals surface area contributed by atoms with Crippen LogP contribution in [0.2, 0.25) is 0 Å². The number of fused-ring (bicyclic) bond motifs is 3. The molecule has 0 atom stereocenters. The van der Waals surface area contributed by atoms with Crippen LogP contribution in [0.1, 0.15) is 5.69 Å². The van der Waals surface area contributed by atoms with E-state index in [1.165, 1.54) is 16.6 Å².